The number of fused-ring (bicyclic) bond motifs is 1. The molecule has 5 rings (SSSR count). The summed E-state index contributed by atoms with van der Waals surface area (Å²) in [6, 6.07) is 1.66. The summed E-state index contributed by atoms with van der Waals surface area (Å²) >= 11 is 0. The third kappa shape index (κ3) is 3.91. The van der Waals surface area contributed by atoms with Crippen LogP contribution in [0.15, 0.2) is 6.07 Å². The zero-order chi connectivity index (χ0) is 22.4. The molecule has 0 radical (unpaired) electrons. The van der Waals surface area contributed by atoms with Gasteiger partial charge in [0.05, 0.1) is 6.04 Å². The summed E-state index contributed by atoms with van der Waals surface area (Å²) in [7, 11) is 0. The first kappa shape index (κ1) is 21.1. The Morgan fingerprint density at radius 3 is 2.72 bits per heavy atom. The molecule has 0 spiro atoms. The van der Waals surface area contributed by atoms with Crippen LogP contribution in [0.2, 0.25) is 0 Å². The average molecular weight is 437 g/mol. The third-order valence-electron chi connectivity index (χ3n) is 6.99. The number of piperidine rings is 1. The van der Waals surface area contributed by atoms with E-state index in [4.69, 9.17) is 9.97 Å². The van der Waals surface area contributed by atoms with Crippen molar-refractivity contribution in [1.29, 1.82) is 0 Å². The van der Waals surface area contributed by atoms with Crippen LogP contribution in [0.5, 0.6) is 0 Å². The molecule has 1 aliphatic carbocycles. The van der Waals surface area contributed by atoms with Gasteiger partial charge in [-0.2, -0.15) is 5.10 Å². The minimum Gasteiger partial charge on any atom is -0.327 e. The van der Waals surface area contributed by atoms with Gasteiger partial charge in [0.15, 0.2) is 5.82 Å². The molecule has 0 aromatic carbocycles. The smallest absolute Gasteiger partial charge is 0.274 e. The summed E-state index contributed by atoms with van der Waals surface area (Å²) in [5, 5.41) is 7.27. The third-order valence-corrected chi connectivity index (χ3v) is 6.99. The molecule has 4 heterocycles. The first-order valence-corrected chi connectivity index (χ1v) is 12.0. The SMILES string of the molecule is Cc1nc(C2CCCCN2C(=O)c2cc(C(C)C)[nH]n2)nc2c1CCC(=O)N2CC1CC1. The predicted octanol–water partition coefficient (Wildman–Crippen LogP) is 3.69. The van der Waals surface area contributed by atoms with E-state index in [1.54, 1.807) is 0 Å². The van der Waals surface area contributed by atoms with E-state index >= 15 is 0 Å². The van der Waals surface area contributed by atoms with Crippen LogP contribution in [0.25, 0.3) is 0 Å². The number of anilines is 1. The summed E-state index contributed by atoms with van der Waals surface area (Å²) in [6.45, 7) is 7.57. The van der Waals surface area contributed by atoms with Gasteiger partial charge in [-0.1, -0.05) is 13.8 Å². The molecule has 1 N–H and O–H groups in total. The number of hydrogen-bond acceptors (Lipinski definition) is 5. The number of likely N-dealkylation sites (tertiary alicyclic amines) is 1. The van der Waals surface area contributed by atoms with E-state index in [0.29, 0.717) is 36.8 Å². The molecule has 2 aliphatic heterocycles. The molecule has 8 heteroatoms. The topological polar surface area (TPSA) is 95.1 Å². The highest BCUT2D eigenvalue weighted by Gasteiger charge is 2.36. The summed E-state index contributed by atoms with van der Waals surface area (Å²) in [5.41, 5.74) is 3.41. The van der Waals surface area contributed by atoms with Crippen molar-refractivity contribution in [3.63, 3.8) is 0 Å². The van der Waals surface area contributed by atoms with E-state index in [-0.39, 0.29) is 23.8 Å². The molecule has 1 saturated carbocycles. The van der Waals surface area contributed by atoms with Gasteiger partial charge in [-0.25, -0.2) is 9.97 Å². The van der Waals surface area contributed by atoms with Crippen LogP contribution >= 0.6 is 0 Å². The molecule has 1 unspecified atom stereocenters. The lowest BCUT2D eigenvalue weighted by molar-refractivity contribution is -0.119. The second kappa shape index (κ2) is 8.30. The van der Waals surface area contributed by atoms with Gasteiger partial charge in [0.2, 0.25) is 5.91 Å². The fraction of sp³-hybridized carbons (Fsp3) is 0.625. The largest absolute Gasteiger partial charge is 0.327 e. The van der Waals surface area contributed by atoms with Gasteiger partial charge in [-0.15, -0.1) is 0 Å². The van der Waals surface area contributed by atoms with Crippen LogP contribution in [0, 0.1) is 12.8 Å². The lowest BCUT2D eigenvalue weighted by atomic mass is 9.98. The van der Waals surface area contributed by atoms with E-state index in [1.807, 2.05) is 22.8 Å². The van der Waals surface area contributed by atoms with E-state index in [1.165, 1.54) is 12.8 Å². The molecular weight excluding hydrogens is 404 g/mol. The quantitative estimate of drug-likeness (QED) is 0.771. The monoisotopic (exact) mass is 436 g/mol. The summed E-state index contributed by atoms with van der Waals surface area (Å²) in [5.74, 6) is 2.37. The van der Waals surface area contributed by atoms with Gasteiger partial charge in [-0.3, -0.25) is 19.6 Å². The fourth-order valence-corrected chi connectivity index (χ4v) is 4.83. The predicted molar refractivity (Wildman–Crippen MR) is 120 cm³/mol. The highest BCUT2D eigenvalue weighted by Crippen LogP contribution is 2.37. The number of aromatic nitrogens is 4. The Labute approximate surface area is 188 Å². The first-order chi connectivity index (χ1) is 15.4. The number of nitrogens with one attached hydrogen (secondary N) is 1. The molecule has 1 atom stereocenters. The molecule has 1 saturated heterocycles. The minimum absolute atomic E-state index is 0.0808. The molecule has 32 heavy (non-hydrogen) atoms. The van der Waals surface area contributed by atoms with Crippen LogP contribution in [-0.4, -0.2) is 50.0 Å². The number of aryl methyl sites for hydroxylation is 1. The second-order valence-corrected chi connectivity index (χ2v) is 9.79. The van der Waals surface area contributed by atoms with Crippen LogP contribution in [0.1, 0.15) is 97.6 Å². The van der Waals surface area contributed by atoms with E-state index in [9.17, 15) is 9.59 Å². The van der Waals surface area contributed by atoms with Crippen molar-refractivity contribution in [3.8, 4) is 0 Å². The lowest BCUT2D eigenvalue weighted by Crippen LogP contribution is -2.41. The molecule has 170 valence electrons. The van der Waals surface area contributed by atoms with E-state index in [2.05, 4.69) is 24.0 Å². The van der Waals surface area contributed by atoms with Crippen LogP contribution in [0.3, 0.4) is 0 Å². The maximum absolute atomic E-state index is 13.4. The molecule has 2 fully saturated rings. The van der Waals surface area contributed by atoms with Crippen molar-refractivity contribution >= 4 is 17.6 Å². The van der Waals surface area contributed by atoms with Crippen molar-refractivity contribution in [2.75, 3.05) is 18.0 Å². The molecule has 2 amide bonds. The maximum Gasteiger partial charge on any atom is 0.274 e. The number of carbonyl (C=O) groups excluding carboxylic acids is 2. The van der Waals surface area contributed by atoms with E-state index < -0.39 is 0 Å². The minimum atomic E-state index is -0.195. The van der Waals surface area contributed by atoms with Gasteiger partial charge in [0.1, 0.15) is 11.5 Å². The second-order valence-electron chi connectivity index (χ2n) is 9.79. The lowest BCUT2D eigenvalue weighted by Gasteiger charge is -2.36. The average Bonchev–Trinajstić information content (AvgIpc) is 3.46. The van der Waals surface area contributed by atoms with Crippen molar-refractivity contribution in [2.24, 2.45) is 5.92 Å². The number of hydrogen-bond donors (Lipinski definition) is 1. The number of amides is 2. The molecular formula is C24H32N6O2. The molecule has 2 aromatic heterocycles. The molecule has 2 aromatic rings. The Hall–Kier alpha value is -2.77. The van der Waals surface area contributed by atoms with E-state index in [0.717, 1.165) is 48.6 Å². The highest BCUT2D eigenvalue weighted by atomic mass is 16.2. The number of aromatic amines is 1. The number of carbonyl (C=O) groups is 2. The Balaban J connectivity index is 1.48. The molecule has 8 nitrogen and oxygen atoms in total. The standard InChI is InChI=1S/C24H32N6O2/c1-14(2)18-12-19(28-27-18)24(32)29-11-5-4-6-20(29)22-25-15(3)17-9-10-21(31)30(23(17)26-22)13-16-7-8-16/h12,14,16,20H,4-11,13H2,1-3H3,(H,27,28). The number of nitrogens with zero attached hydrogens (tertiary/aromatic N) is 5. The zero-order valence-electron chi connectivity index (χ0n) is 19.2. The van der Waals surface area contributed by atoms with Crippen molar-refractivity contribution in [2.45, 2.75) is 77.7 Å². The highest BCUT2D eigenvalue weighted by molar-refractivity contribution is 5.95. The normalized spacial score (nSPS) is 21.2. The number of H-pyrrole nitrogens is 1. The van der Waals surface area contributed by atoms with Gasteiger partial charge in [0, 0.05) is 36.5 Å². The van der Waals surface area contributed by atoms with Gasteiger partial charge < -0.3 is 4.90 Å². The van der Waals surface area contributed by atoms with Crippen molar-refractivity contribution < 1.29 is 9.59 Å². The Morgan fingerprint density at radius 1 is 1.19 bits per heavy atom. The molecule has 0 bridgehead atoms. The van der Waals surface area contributed by atoms with Crippen LogP contribution in [-0.2, 0) is 11.2 Å². The van der Waals surface area contributed by atoms with Crippen molar-refractivity contribution in [3.05, 3.63) is 34.5 Å². The van der Waals surface area contributed by atoms with Gasteiger partial charge >= 0.3 is 0 Å². The van der Waals surface area contributed by atoms with Gasteiger partial charge in [0.25, 0.3) is 5.91 Å². The Morgan fingerprint density at radius 2 is 2.00 bits per heavy atom. The summed E-state index contributed by atoms with van der Waals surface area (Å²) in [4.78, 5) is 39.7. The van der Waals surface area contributed by atoms with Gasteiger partial charge in [-0.05, 0) is 63.4 Å². The fourth-order valence-electron chi connectivity index (χ4n) is 4.83. The summed E-state index contributed by atoms with van der Waals surface area (Å²) < 4.78 is 0. The first-order valence-electron chi connectivity index (χ1n) is 12.0. The summed E-state index contributed by atoms with van der Waals surface area (Å²) in [6.07, 6.45) is 6.39. The number of rotatable bonds is 5. The zero-order valence-corrected chi connectivity index (χ0v) is 19.2. The van der Waals surface area contributed by atoms with Crippen molar-refractivity contribution in [1.82, 2.24) is 25.1 Å². The maximum atomic E-state index is 13.4. The van der Waals surface area contributed by atoms with Crippen LogP contribution in [0.4, 0.5) is 5.82 Å². The molecule has 3 aliphatic rings. The van der Waals surface area contributed by atoms with Crippen LogP contribution < -0.4 is 4.90 Å². The Bertz CT molecular complexity index is 1040. The Kier molecular flexibility index (Phi) is 5.47.